The number of thioether (sulfide) groups is 1. The Kier molecular flexibility index (Phi) is 4.92. The highest BCUT2D eigenvalue weighted by atomic mass is 32.2. The molecule has 0 saturated carbocycles. The smallest absolute Gasteiger partial charge is 0.233 e. The molecule has 0 bridgehead atoms. The van der Waals surface area contributed by atoms with Crippen molar-refractivity contribution < 1.29 is 10.0 Å². The molecule has 2 unspecified atom stereocenters. The molecule has 1 amide bonds. The van der Waals surface area contributed by atoms with Gasteiger partial charge in [0.25, 0.3) is 0 Å². The normalized spacial score (nSPS) is 23.1. The van der Waals surface area contributed by atoms with Crippen molar-refractivity contribution >= 4 is 23.5 Å². The topological polar surface area (TPSA) is 78.9 Å². The average molecular weight is 245 g/mol. The molecule has 1 aliphatic rings. The third-order valence-electron chi connectivity index (χ3n) is 2.98. The van der Waals surface area contributed by atoms with Crippen LogP contribution in [-0.4, -0.2) is 46.4 Å². The zero-order valence-corrected chi connectivity index (χ0v) is 10.5. The van der Waals surface area contributed by atoms with E-state index in [2.05, 4.69) is 5.16 Å². The van der Waals surface area contributed by atoms with E-state index in [1.807, 2.05) is 18.7 Å². The van der Waals surface area contributed by atoms with Crippen LogP contribution in [0, 0.1) is 5.92 Å². The molecule has 0 aromatic rings. The first-order chi connectivity index (χ1) is 7.61. The minimum Gasteiger partial charge on any atom is -0.409 e. The summed E-state index contributed by atoms with van der Waals surface area (Å²) in [6, 6.07) is 0.290. The summed E-state index contributed by atoms with van der Waals surface area (Å²) in [5.74, 6) is 1.54. The monoisotopic (exact) mass is 245 g/mol. The molecule has 1 fully saturated rings. The van der Waals surface area contributed by atoms with Gasteiger partial charge >= 0.3 is 0 Å². The van der Waals surface area contributed by atoms with Crippen molar-refractivity contribution in [1.29, 1.82) is 0 Å². The van der Waals surface area contributed by atoms with Crippen LogP contribution < -0.4 is 5.73 Å². The Labute approximate surface area is 100 Å². The van der Waals surface area contributed by atoms with Gasteiger partial charge in [0.15, 0.2) is 5.84 Å². The summed E-state index contributed by atoms with van der Waals surface area (Å²) >= 11 is 1.86. The second-order valence-corrected chi connectivity index (χ2v) is 5.10. The molecule has 0 aliphatic carbocycles. The fourth-order valence-corrected chi connectivity index (χ4v) is 3.10. The third-order valence-corrected chi connectivity index (χ3v) is 4.12. The maximum atomic E-state index is 12.1. The van der Waals surface area contributed by atoms with Gasteiger partial charge < -0.3 is 15.8 Å². The lowest BCUT2D eigenvalue weighted by atomic mass is 10.0. The number of amides is 1. The van der Waals surface area contributed by atoms with Gasteiger partial charge in [-0.3, -0.25) is 4.79 Å². The predicted octanol–water partition coefficient (Wildman–Crippen LogP) is 0.723. The number of nitrogens with two attached hydrogens (primary N) is 1. The Morgan fingerprint density at radius 2 is 2.44 bits per heavy atom. The SMILES string of the molecule is CCC(C(=O)N(C)C1CCSC1)C(N)=NO. The van der Waals surface area contributed by atoms with E-state index in [0.29, 0.717) is 6.42 Å². The van der Waals surface area contributed by atoms with E-state index < -0.39 is 5.92 Å². The van der Waals surface area contributed by atoms with Gasteiger partial charge in [0.2, 0.25) is 5.91 Å². The number of carbonyl (C=O) groups is 1. The fourth-order valence-electron chi connectivity index (χ4n) is 1.83. The lowest BCUT2D eigenvalue weighted by molar-refractivity contribution is -0.133. The molecule has 0 spiro atoms. The van der Waals surface area contributed by atoms with Crippen molar-refractivity contribution in [3.63, 3.8) is 0 Å². The van der Waals surface area contributed by atoms with E-state index in [9.17, 15) is 4.79 Å². The molecule has 92 valence electrons. The highest BCUT2D eigenvalue weighted by Crippen LogP contribution is 2.23. The number of amidine groups is 1. The van der Waals surface area contributed by atoms with E-state index >= 15 is 0 Å². The molecule has 0 aromatic heterocycles. The first-order valence-corrected chi connectivity index (χ1v) is 6.59. The van der Waals surface area contributed by atoms with Crippen LogP contribution in [0.3, 0.4) is 0 Å². The molecule has 1 aliphatic heterocycles. The predicted molar refractivity (Wildman–Crippen MR) is 65.7 cm³/mol. The maximum absolute atomic E-state index is 12.1. The van der Waals surface area contributed by atoms with Crippen LogP contribution in [0.5, 0.6) is 0 Å². The van der Waals surface area contributed by atoms with Crippen molar-refractivity contribution in [2.24, 2.45) is 16.8 Å². The molecule has 0 radical (unpaired) electrons. The zero-order valence-electron chi connectivity index (χ0n) is 9.72. The Hall–Kier alpha value is -0.910. The minimum absolute atomic E-state index is 0.00463. The van der Waals surface area contributed by atoms with Gasteiger partial charge in [-0.25, -0.2) is 0 Å². The lowest BCUT2D eigenvalue weighted by Gasteiger charge is -2.27. The number of hydrogen-bond acceptors (Lipinski definition) is 4. The molecular weight excluding hydrogens is 226 g/mol. The van der Waals surface area contributed by atoms with Crippen LogP contribution >= 0.6 is 11.8 Å². The summed E-state index contributed by atoms with van der Waals surface area (Å²) in [6.07, 6.45) is 1.58. The molecule has 1 heterocycles. The summed E-state index contributed by atoms with van der Waals surface area (Å²) in [4.78, 5) is 13.8. The molecule has 1 rings (SSSR count). The molecule has 5 nitrogen and oxygen atoms in total. The largest absolute Gasteiger partial charge is 0.409 e. The number of hydrogen-bond donors (Lipinski definition) is 2. The highest BCUT2D eigenvalue weighted by Gasteiger charge is 2.30. The Balaban J connectivity index is 2.66. The number of rotatable bonds is 4. The van der Waals surface area contributed by atoms with E-state index in [0.717, 1.165) is 17.9 Å². The van der Waals surface area contributed by atoms with Gasteiger partial charge in [-0.2, -0.15) is 11.8 Å². The van der Waals surface area contributed by atoms with Gasteiger partial charge in [-0.1, -0.05) is 12.1 Å². The molecule has 6 heteroatoms. The van der Waals surface area contributed by atoms with Gasteiger partial charge in [-0.05, 0) is 18.6 Å². The van der Waals surface area contributed by atoms with Crippen molar-refractivity contribution in [1.82, 2.24) is 4.90 Å². The number of oxime groups is 1. The molecule has 3 N–H and O–H groups in total. The van der Waals surface area contributed by atoms with Crippen LogP contribution in [0.25, 0.3) is 0 Å². The second-order valence-electron chi connectivity index (χ2n) is 3.95. The van der Waals surface area contributed by atoms with Crippen molar-refractivity contribution in [2.75, 3.05) is 18.6 Å². The Morgan fingerprint density at radius 1 is 1.75 bits per heavy atom. The molecule has 2 atom stereocenters. The van der Waals surface area contributed by atoms with Gasteiger partial charge in [0, 0.05) is 18.8 Å². The fraction of sp³-hybridized carbons (Fsp3) is 0.800. The Morgan fingerprint density at radius 3 is 2.88 bits per heavy atom. The summed E-state index contributed by atoms with van der Waals surface area (Å²) in [5.41, 5.74) is 5.51. The van der Waals surface area contributed by atoms with Crippen LogP contribution in [0.1, 0.15) is 19.8 Å². The van der Waals surface area contributed by atoms with E-state index in [1.165, 1.54) is 0 Å². The van der Waals surface area contributed by atoms with E-state index in [1.54, 1.807) is 11.9 Å². The average Bonchev–Trinajstić information content (AvgIpc) is 2.81. The van der Waals surface area contributed by atoms with Crippen molar-refractivity contribution in [2.45, 2.75) is 25.8 Å². The number of carbonyl (C=O) groups excluding carboxylic acids is 1. The molecule has 0 aromatic carbocycles. The van der Waals surface area contributed by atoms with Crippen molar-refractivity contribution in [3.05, 3.63) is 0 Å². The second kappa shape index (κ2) is 5.98. The Bertz CT molecular complexity index is 277. The molecule has 1 saturated heterocycles. The van der Waals surface area contributed by atoms with Crippen LogP contribution in [-0.2, 0) is 4.79 Å². The standard InChI is InChI=1S/C10H19N3O2S/c1-3-8(9(11)12-15)10(14)13(2)7-4-5-16-6-7/h7-8,15H,3-6H2,1-2H3,(H2,11,12). The minimum atomic E-state index is -0.499. The first kappa shape index (κ1) is 13.2. The summed E-state index contributed by atoms with van der Waals surface area (Å²) in [5, 5.41) is 11.6. The van der Waals surface area contributed by atoms with Crippen LogP contribution in [0.4, 0.5) is 0 Å². The summed E-state index contributed by atoms with van der Waals surface area (Å²) in [6.45, 7) is 1.86. The quantitative estimate of drug-likeness (QED) is 0.331. The summed E-state index contributed by atoms with van der Waals surface area (Å²) < 4.78 is 0. The number of nitrogens with zero attached hydrogens (tertiary/aromatic N) is 2. The zero-order chi connectivity index (χ0) is 12.1. The van der Waals surface area contributed by atoms with Gasteiger partial charge in [-0.15, -0.1) is 0 Å². The first-order valence-electron chi connectivity index (χ1n) is 5.43. The van der Waals surface area contributed by atoms with Crippen molar-refractivity contribution in [3.8, 4) is 0 Å². The van der Waals surface area contributed by atoms with E-state index in [-0.39, 0.29) is 17.8 Å². The van der Waals surface area contributed by atoms with E-state index in [4.69, 9.17) is 10.9 Å². The molecular formula is C10H19N3O2S. The van der Waals surface area contributed by atoms with Crippen LogP contribution in [0.2, 0.25) is 0 Å². The van der Waals surface area contributed by atoms with Crippen LogP contribution in [0.15, 0.2) is 5.16 Å². The lowest BCUT2D eigenvalue weighted by Crippen LogP contribution is -2.44. The van der Waals surface area contributed by atoms with Gasteiger partial charge in [0.05, 0.1) is 5.92 Å². The highest BCUT2D eigenvalue weighted by molar-refractivity contribution is 7.99. The van der Waals surface area contributed by atoms with Gasteiger partial charge in [0.1, 0.15) is 0 Å². The summed E-state index contributed by atoms with van der Waals surface area (Å²) in [7, 11) is 1.80. The molecule has 16 heavy (non-hydrogen) atoms. The maximum Gasteiger partial charge on any atom is 0.233 e. The third kappa shape index (κ3) is 2.81.